The predicted molar refractivity (Wildman–Crippen MR) is 172 cm³/mol. The lowest BCUT2D eigenvalue weighted by atomic mass is 9.71. The molecule has 6 heteroatoms. The van der Waals surface area contributed by atoms with E-state index in [9.17, 15) is 4.79 Å². The van der Waals surface area contributed by atoms with Gasteiger partial charge in [0, 0.05) is 24.1 Å². The molecule has 1 N–H and O–H groups in total. The highest BCUT2D eigenvalue weighted by Gasteiger charge is 2.38. The van der Waals surface area contributed by atoms with Gasteiger partial charge in [-0.3, -0.25) is 4.79 Å². The summed E-state index contributed by atoms with van der Waals surface area (Å²) in [5, 5.41) is 4.91. The third kappa shape index (κ3) is 6.45. The molecule has 5 nitrogen and oxygen atoms in total. The van der Waals surface area contributed by atoms with Crippen molar-refractivity contribution < 1.29 is 9.53 Å². The van der Waals surface area contributed by atoms with Gasteiger partial charge in [-0.2, -0.15) is 0 Å². The summed E-state index contributed by atoms with van der Waals surface area (Å²) in [4.78, 5) is 22.1. The number of carbonyl (C=O) groups is 1. The van der Waals surface area contributed by atoms with Crippen molar-refractivity contribution in [1.29, 1.82) is 0 Å². The van der Waals surface area contributed by atoms with Crippen molar-refractivity contribution in [2.45, 2.75) is 95.1 Å². The van der Waals surface area contributed by atoms with Crippen molar-refractivity contribution >= 4 is 17.2 Å². The summed E-state index contributed by atoms with van der Waals surface area (Å²) >= 11 is 1.84. The van der Waals surface area contributed by atoms with Gasteiger partial charge in [-0.15, -0.1) is 11.3 Å². The zero-order valence-corrected chi connectivity index (χ0v) is 26.6. The number of hydrogen-bond acceptors (Lipinski definition) is 5. The number of likely N-dealkylation sites (N-methyl/N-ethyl adjacent to an activating group) is 1. The summed E-state index contributed by atoms with van der Waals surface area (Å²) in [6.07, 6.45) is 13.5. The topological polar surface area (TPSA) is 54.5 Å². The summed E-state index contributed by atoms with van der Waals surface area (Å²) in [6, 6.07) is 16.1. The van der Waals surface area contributed by atoms with E-state index in [0.29, 0.717) is 23.8 Å². The second-order valence-electron chi connectivity index (χ2n) is 13.2. The highest BCUT2D eigenvalue weighted by Crippen LogP contribution is 2.46. The van der Waals surface area contributed by atoms with Crippen LogP contribution in [-0.2, 0) is 4.79 Å². The Morgan fingerprint density at radius 2 is 1.83 bits per heavy atom. The molecule has 3 saturated carbocycles. The molecule has 0 bridgehead atoms. The molecular formula is C36H47N3O2S. The Morgan fingerprint density at radius 1 is 1.02 bits per heavy atom. The smallest absolute Gasteiger partial charge is 0.223 e. The first kappa shape index (κ1) is 29.4. The molecule has 1 amide bonds. The number of rotatable bonds is 9. The molecule has 0 radical (unpaired) electrons. The van der Waals surface area contributed by atoms with E-state index in [0.717, 1.165) is 37.9 Å². The van der Waals surface area contributed by atoms with Crippen molar-refractivity contribution in [2.24, 2.45) is 11.8 Å². The summed E-state index contributed by atoms with van der Waals surface area (Å²) in [6.45, 7) is 2.14. The number of nitrogens with zero attached hydrogens (tertiary/aromatic N) is 2. The van der Waals surface area contributed by atoms with E-state index in [2.05, 4.69) is 79.9 Å². The third-order valence-corrected chi connectivity index (χ3v) is 11.3. The second kappa shape index (κ2) is 12.9. The van der Waals surface area contributed by atoms with Gasteiger partial charge in [0.15, 0.2) is 0 Å². The minimum atomic E-state index is 0.0104. The first-order valence-electron chi connectivity index (χ1n) is 16.1. The minimum Gasteiger partial charge on any atom is -0.496 e. The monoisotopic (exact) mass is 585 g/mol. The van der Waals surface area contributed by atoms with Gasteiger partial charge in [-0.05, 0) is 112 Å². The van der Waals surface area contributed by atoms with Gasteiger partial charge in [0.1, 0.15) is 5.75 Å². The highest BCUT2D eigenvalue weighted by molar-refractivity contribution is 7.15. The Morgan fingerprint density at radius 3 is 2.55 bits per heavy atom. The number of benzene rings is 2. The van der Waals surface area contributed by atoms with E-state index in [-0.39, 0.29) is 17.9 Å². The van der Waals surface area contributed by atoms with Crippen molar-refractivity contribution in [2.75, 3.05) is 21.2 Å². The molecule has 0 spiro atoms. The number of aryl methyl sites for hydroxylation is 1. The molecule has 42 heavy (non-hydrogen) atoms. The zero-order chi connectivity index (χ0) is 29.2. The van der Waals surface area contributed by atoms with Crippen molar-refractivity contribution in [3.8, 4) is 16.2 Å². The number of thiazole rings is 1. The maximum Gasteiger partial charge on any atom is 0.223 e. The lowest BCUT2D eigenvalue weighted by Crippen LogP contribution is -2.44. The molecule has 4 atom stereocenters. The average Bonchev–Trinajstić information content (AvgIpc) is 3.75. The molecule has 3 fully saturated rings. The van der Waals surface area contributed by atoms with Crippen LogP contribution in [0.3, 0.4) is 0 Å². The molecule has 4 unspecified atom stereocenters. The van der Waals surface area contributed by atoms with Crippen LogP contribution >= 0.6 is 11.3 Å². The molecular weight excluding hydrogens is 538 g/mol. The van der Waals surface area contributed by atoms with Crippen LogP contribution in [-0.4, -0.2) is 43.0 Å². The largest absolute Gasteiger partial charge is 0.496 e. The lowest BCUT2D eigenvalue weighted by molar-refractivity contribution is -0.127. The molecule has 224 valence electrons. The Hall–Kier alpha value is -2.70. The fraction of sp³-hybridized carbons (Fsp3) is 0.556. The van der Waals surface area contributed by atoms with E-state index in [1.54, 1.807) is 7.11 Å². The average molecular weight is 586 g/mol. The van der Waals surface area contributed by atoms with Crippen LogP contribution in [0.5, 0.6) is 5.75 Å². The molecule has 1 heterocycles. The van der Waals surface area contributed by atoms with E-state index in [1.807, 2.05) is 11.3 Å². The molecule has 6 rings (SSSR count). The van der Waals surface area contributed by atoms with Crippen molar-refractivity contribution in [1.82, 2.24) is 15.2 Å². The fourth-order valence-electron chi connectivity index (χ4n) is 7.51. The molecule has 0 aliphatic heterocycles. The van der Waals surface area contributed by atoms with E-state index >= 15 is 0 Å². The van der Waals surface area contributed by atoms with Crippen LogP contribution in [0.2, 0.25) is 0 Å². The van der Waals surface area contributed by atoms with Crippen LogP contribution in [0.1, 0.15) is 104 Å². The third-order valence-electron chi connectivity index (χ3n) is 10.1. The SMILES string of the molecule is COc1ccc(C2CCC(C(NC(=O)C3CCCCC3)c3cccc(-c4cnc(C5CC5)s4)c3)CC2N(C)C)cc1C. The molecule has 0 saturated heterocycles. The van der Waals surface area contributed by atoms with Gasteiger partial charge in [-0.25, -0.2) is 4.98 Å². The van der Waals surface area contributed by atoms with E-state index in [4.69, 9.17) is 9.72 Å². The van der Waals surface area contributed by atoms with Crippen molar-refractivity contribution in [3.63, 3.8) is 0 Å². The summed E-state index contributed by atoms with van der Waals surface area (Å²) in [5.74, 6) is 2.86. The maximum atomic E-state index is 13.7. The number of nitrogens with one attached hydrogen (secondary N) is 1. The second-order valence-corrected chi connectivity index (χ2v) is 14.3. The molecule has 3 aromatic rings. The zero-order valence-electron chi connectivity index (χ0n) is 25.8. The number of hydrogen-bond donors (Lipinski definition) is 1. The van der Waals surface area contributed by atoms with Gasteiger partial charge in [0.25, 0.3) is 0 Å². The van der Waals surface area contributed by atoms with Gasteiger partial charge < -0.3 is 15.0 Å². The van der Waals surface area contributed by atoms with Gasteiger partial charge >= 0.3 is 0 Å². The maximum absolute atomic E-state index is 13.7. The van der Waals surface area contributed by atoms with Crippen molar-refractivity contribution in [3.05, 3.63) is 70.4 Å². The fourth-order valence-corrected chi connectivity index (χ4v) is 8.59. The minimum absolute atomic E-state index is 0.0104. The Balaban J connectivity index is 1.28. The van der Waals surface area contributed by atoms with Crippen LogP contribution in [0.15, 0.2) is 48.7 Å². The molecule has 3 aliphatic rings. The Bertz CT molecular complexity index is 1370. The molecule has 3 aliphatic carbocycles. The number of carbonyl (C=O) groups excluding carboxylic acids is 1. The summed E-state index contributed by atoms with van der Waals surface area (Å²) < 4.78 is 5.55. The van der Waals surface area contributed by atoms with E-state index in [1.165, 1.54) is 64.2 Å². The summed E-state index contributed by atoms with van der Waals surface area (Å²) in [7, 11) is 6.18. The quantitative estimate of drug-likeness (QED) is 0.275. The number of methoxy groups -OCH3 is 1. The van der Waals surface area contributed by atoms with Crippen LogP contribution < -0.4 is 10.1 Å². The molecule has 2 aromatic carbocycles. The number of amides is 1. The summed E-state index contributed by atoms with van der Waals surface area (Å²) in [5.41, 5.74) is 5.04. The van der Waals surface area contributed by atoms with Gasteiger partial charge in [0.05, 0.1) is 23.0 Å². The van der Waals surface area contributed by atoms with Gasteiger partial charge in [-0.1, -0.05) is 49.6 Å². The Kier molecular flexibility index (Phi) is 9.01. The first-order valence-corrected chi connectivity index (χ1v) is 16.9. The van der Waals surface area contributed by atoms with Crippen LogP contribution in [0, 0.1) is 18.8 Å². The lowest BCUT2D eigenvalue weighted by Gasteiger charge is -2.43. The normalized spacial score (nSPS) is 24.0. The van der Waals surface area contributed by atoms with E-state index < -0.39 is 0 Å². The Labute approximate surface area is 256 Å². The first-order chi connectivity index (χ1) is 20.4. The number of aromatic nitrogens is 1. The van der Waals surface area contributed by atoms with Crippen LogP contribution in [0.4, 0.5) is 0 Å². The standard InChI is InChI=1S/C36H47N3O2S/c1-23-19-26(16-18-32(23)41-4)30-17-15-29(21-31(30)39(2)3)34(38-35(40)24-9-6-5-7-10-24)28-12-8-11-27(20-28)33-22-37-36(42-33)25-13-14-25/h8,11-12,16,18-20,22,24-25,29-31,34H,5-7,9-10,13-15,17,21H2,1-4H3,(H,38,40). The number of ether oxygens (including phenoxy) is 1. The van der Waals surface area contributed by atoms with Crippen LogP contribution in [0.25, 0.3) is 10.4 Å². The predicted octanol–water partition coefficient (Wildman–Crippen LogP) is 8.26. The highest BCUT2D eigenvalue weighted by atomic mass is 32.1. The molecule has 1 aromatic heterocycles. The van der Waals surface area contributed by atoms with Gasteiger partial charge in [0.2, 0.25) is 5.91 Å².